The Kier molecular flexibility index (Phi) is 5.07. The van der Waals surface area contributed by atoms with Crippen LogP contribution in [0.2, 0.25) is 0 Å². The predicted octanol–water partition coefficient (Wildman–Crippen LogP) is 3.84. The van der Waals surface area contributed by atoms with E-state index in [1.165, 1.54) is 0 Å². The molecule has 2 N–H and O–H groups in total. The summed E-state index contributed by atoms with van der Waals surface area (Å²) in [4.78, 5) is 29.1. The quantitative estimate of drug-likeness (QED) is 0.709. The molecule has 5 nitrogen and oxygen atoms in total. The summed E-state index contributed by atoms with van der Waals surface area (Å²) >= 11 is 0. The highest BCUT2D eigenvalue weighted by Gasteiger charge is 2.23. The summed E-state index contributed by atoms with van der Waals surface area (Å²) in [5, 5.41) is 10.2. The van der Waals surface area contributed by atoms with Crippen LogP contribution < -0.4 is 0 Å². The number of carboxylic acids is 1. The van der Waals surface area contributed by atoms with Gasteiger partial charge in [-0.25, -0.2) is 0 Å². The van der Waals surface area contributed by atoms with Gasteiger partial charge in [0.05, 0.1) is 5.92 Å². The van der Waals surface area contributed by atoms with Crippen molar-refractivity contribution in [1.82, 2.24) is 9.88 Å². The monoisotopic (exact) mass is 350 g/mol. The molecule has 0 spiro atoms. The minimum Gasteiger partial charge on any atom is -0.481 e. The number of carbonyl (C=O) groups excluding carboxylic acids is 1. The molecule has 3 aromatic rings. The molecule has 0 aliphatic rings. The number of carbonyl (C=O) groups is 2. The molecule has 0 bridgehead atoms. The number of H-pyrrole nitrogens is 1. The molecule has 3 rings (SSSR count). The molecule has 1 amide bonds. The lowest BCUT2D eigenvalue weighted by molar-refractivity contribution is -0.141. The van der Waals surface area contributed by atoms with Gasteiger partial charge in [0, 0.05) is 24.0 Å². The Morgan fingerprint density at radius 3 is 2.54 bits per heavy atom. The lowest BCUT2D eigenvalue weighted by Gasteiger charge is -2.24. The number of nitrogens with one attached hydrogen (secondary N) is 1. The van der Waals surface area contributed by atoms with Gasteiger partial charge in [-0.3, -0.25) is 9.59 Å². The summed E-state index contributed by atoms with van der Waals surface area (Å²) in [5.41, 5.74) is 3.45. The molecule has 26 heavy (non-hydrogen) atoms. The van der Waals surface area contributed by atoms with Crippen LogP contribution in [0.5, 0.6) is 0 Å². The Labute approximate surface area is 152 Å². The number of benzene rings is 2. The van der Waals surface area contributed by atoms with Crippen molar-refractivity contribution in [2.45, 2.75) is 20.4 Å². The van der Waals surface area contributed by atoms with E-state index in [-0.39, 0.29) is 12.5 Å². The van der Waals surface area contributed by atoms with E-state index in [0.717, 1.165) is 22.0 Å². The van der Waals surface area contributed by atoms with E-state index >= 15 is 0 Å². The van der Waals surface area contributed by atoms with Crippen molar-refractivity contribution in [3.8, 4) is 0 Å². The van der Waals surface area contributed by atoms with Crippen LogP contribution in [-0.2, 0) is 11.3 Å². The third kappa shape index (κ3) is 3.94. The molecule has 0 saturated carbocycles. The molecule has 0 fully saturated rings. The fourth-order valence-corrected chi connectivity index (χ4v) is 2.96. The first-order valence-electron chi connectivity index (χ1n) is 8.59. The number of aromatic amines is 1. The Morgan fingerprint density at radius 2 is 1.85 bits per heavy atom. The normalized spacial score (nSPS) is 12.1. The topological polar surface area (TPSA) is 73.4 Å². The third-order valence-corrected chi connectivity index (χ3v) is 4.43. The Bertz CT molecular complexity index is 931. The fraction of sp³-hybridized carbons (Fsp3) is 0.238. The number of fused-ring (bicyclic) bond motifs is 1. The maximum Gasteiger partial charge on any atom is 0.308 e. The SMILES string of the molecule is Cc1ccc2cc(C(=O)N(Cc3ccccc3)CC(C)C(=O)O)[nH]c2c1. The van der Waals surface area contributed by atoms with Crippen molar-refractivity contribution >= 4 is 22.8 Å². The smallest absolute Gasteiger partial charge is 0.308 e. The van der Waals surface area contributed by atoms with Gasteiger partial charge in [0.1, 0.15) is 5.69 Å². The van der Waals surface area contributed by atoms with Gasteiger partial charge in [-0.05, 0) is 30.2 Å². The number of hydrogen-bond donors (Lipinski definition) is 2. The molecule has 1 atom stereocenters. The van der Waals surface area contributed by atoms with E-state index in [9.17, 15) is 14.7 Å². The number of aromatic nitrogens is 1. The first-order chi connectivity index (χ1) is 12.4. The molecular weight excluding hydrogens is 328 g/mol. The predicted molar refractivity (Wildman–Crippen MR) is 101 cm³/mol. The standard InChI is InChI=1S/C21H22N2O3/c1-14-8-9-17-11-19(22-18(17)10-14)20(24)23(12-15(2)21(25)26)13-16-6-4-3-5-7-16/h3-11,15,22H,12-13H2,1-2H3,(H,25,26). The molecule has 0 aliphatic heterocycles. The molecule has 5 heteroatoms. The molecule has 134 valence electrons. The zero-order valence-electron chi connectivity index (χ0n) is 14.9. The Balaban J connectivity index is 1.90. The molecule has 1 heterocycles. The van der Waals surface area contributed by atoms with Crippen LogP contribution in [0.3, 0.4) is 0 Å². The van der Waals surface area contributed by atoms with E-state index < -0.39 is 11.9 Å². The summed E-state index contributed by atoms with van der Waals surface area (Å²) in [5.74, 6) is -1.76. The number of amides is 1. The first kappa shape index (κ1) is 17.7. The second-order valence-corrected chi connectivity index (χ2v) is 6.68. The number of rotatable bonds is 6. The van der Waals surface area contributed by atoms with Gasteiger partial charge in [-0.2, -0.15) is 0 Å². The minimum atomic E-state index is -0.914. The maximum absolute atomic E-state index is 13.1. The second-order valence-electron chi connectivity index (χ2n) is 6.68. The number of carboxylic acid groups (broad SMARTS) is 1. The summed E-state index contributed by atoms with van der Waals surface area (Å²) in [6, 6.07) is 17.4. The highest BCUT2D eigenvalue weighted by Crippen LogP contribution is 2.19. The van der Waals surface area contributed by atoms with Crippen LogP contribution in [0.1, 0.15) is 28.5 Å². The largest absolute Gasteiger partial charge is 0.481 e. The number of hydrogen-bond acceptors (Lipinski definition) is 2. The Hall–Kier alpha value is -3.08. The van der Waals surface area contributed by atoms with Crippen LogP contribution in [-0.4, -0.2) is 33.4 Å². The third-order valence-electron chi connectivity index (χ3n) is 4.43. The summed E-state index contributed by atoms with van der Waals surface area (Å²) in [7, 11) is 0. The molecule has 1 unspecified atom stereocenters. The van der Waals surface area contributed by atoms with E-state index in [1.54, 1.807) is 11.8 Å². The summed E-state index contributed by atoms with van der Waals surface area (Å²) in [6.07, 6.45) is 0. The number of aryl methyl sites for hydroxylation is 1. The van der Waals surface area contributed by atoms with Crippen LogP contribution in [0.15, 0.2) is 54.6 Å². The summed E-state index contributed by atoms with van der Waals surface area (Å²) in [6.45, 7) is 4.13. The van der Waals surface area contributed by atoms with E-state index in [4.69, 9.17) is 0 Å². The maximum atomic E-state index is 13.1. The molecule has 1 aromatic heterocycles. The fourth-order valence-electron chi connectivity index (χ4n) is 2.96. The van der Waals surface area contributed by atoms with Gasteiger partial charge in [-0.15, -0.1) is 0 Å². The van der Waals surface area contributed by atoms with Gasteiger partial charge in [0.2, 0.25) is 0 Å². The van der Waals surface area contributed by atoms with Crippen molar-refractivity contribution in [3.63, 3.8) is 0 Å². The van der Waals surface area contributed by atoms with E-state index in [2.05, 4.69) is 4.98 Å². The van der Waals surface area contributed by atoms with Crippen LogP contribution in [0, 0.1) is 12.8 Å². The molecular formula is C21H22N2O3. The average molecular weight is 350 g/mol. The lowest BCUT2D eigenvalue weighted by atomic mass is 10.1. The minimum absolute atomic E-state index is 0.150. The van der Waals surface area contributed by atoms with Crippen molar-refractivity contribution in [2.75, 3.05) is 6.54 Å². The van der Waals surface area contributed by atoms with Crippen LogP contribution in [0.25, 0.3) is 10.9 Å². The van der Waals surface area contributed by atoms with Gasteiger partial charge < -0.3 is 15.0 Å². The van der Waals surface area contributed by atoms with Crippen LogP contribution in [0.4, 0.5) is 0 Å². The van der Waals surface area contributed by atoms with Crippen LogP contribution >= 0.6 is 0 Å². The van der Waals surface area contributed by atoms with E-state index in [1.807, 2.05) is 61.5 Å². The zero-order valence-corrected chi connectivity index (χ0v) is 14.9. The zero-order chi connectivity index (χ0) is 18.7. The number of nitrogens with zero attached hydrogens (tertiary/aromatic N) is 1. The van der Waals surface area contributed by atoms with Crippen molar-refractivity contribution in [2.24, 2.45) is 5.92 Å². The van der Waals surface area contributed by atoms with E-state index in [0.29, 0.717) is 12.2 Å². The Morgan fingerprint density at radius 1 is 1.12 bits per heavy atom. The second kappa shape index (κ2) is 7.44. The highest BCUT2D eigenvalue weighted by atomic mass is 16.4. The molecule has 0 saturated heterocycles. The highest BCUT2D eigenvalue weighted by molar-refractivity contribution is 5.98. The van der Waals surface area contributed by atoms with Crippen molar-refractivity contribution in [1.29, 1.82) is 0 Å². The lowest BCUT2D eigenvalue weighted by Crippen LogP contribution is -2.36. The van der Waals surface area contributed by atoms with Gasteiger partial charge in [0.25, 0.3) is 5.91 Å². The van der Waals surface area contributed by atoms with Crippen molar-refractivity contribution < 1.29 is 14.7 Å². The van der Waals surface area contributed by atoms with Gasteiger partial charge in [0.15, 0.2) is 0 Å². The average Bonchev–Trinajstić information content (AvgIpc) is 3.04. The molecule has 0 radical (unpaired) electrons. The first-order valence-corrected chi connectivity index (χ1v) is 8.59. The number of aliphatic carboxylic acids is 1. The van der Waals surface area contributed by atoms with Gasteiger partial charge in [-0.1, -0.05) is 49.4 Å². The van der Waals surface area contributed by atoms with Crippen molar-refractivity contribution in [3.05, 3.63) is 71.4 Å². The molecule has 2 aromatic carbocycles. The van der Waals surface area contributed by atoms with Gasteiger partial charge >= 0.3 is 5.97 Å². The molecule has 0 aliphatic carbocycles. The summed E-state index contributed by atoms with van der Waals surface area (Å²) < 4.78 is 0.